The second kappa shape index (κ2) is 10.7. The Kier molecular flexibility index (Phi) is 6.96. The summed E-state index contributed by atoms with van der Waals surface area (Å²) in [6.07, 6.45) is 0. The molecule has 9 nitrogen and oxygen atoms in total. The molecule has 10 heteroatoms. The first-order chi connectivity index (χ1) is 18.5. The van der Waals surface area contributed by atoms with Gasteiger partial charge < -0.3 is 29.8 Å². The number of aromatic amines is 1. The lowest BCUT2D eigenvalue weighted by molar-refractivity contribution is 0.102. The number of amides is 2. The molecule has 0 fully saturated rings. The molecule has 0 saturated carbocycles. The third-order valence-corrected chi connectivity index (χ3v) is 6.70. The lowest BCUT2D eigenvalue weighted by Crippen LogP contribution is -2.12. The Morgan fingerprint density at radius 3 is 2.13 bits per heavy atom. The third kappa shape index (κ3) is 5.02. The molecule has 0 spiro atoms. The number of methoxy groups -OCH3 is 3. The summed E-state index contributed by atoms with van der Waals surface area (Å²) in [7, 11) is 4.50. The SMILES string of the molecule is COc1cc(C(=O)Nc2ccc3nc(-c4ccc(NC(=O)c5cccs5)cc4)[nH]c3c2)cc(OC)c1OC. The number of imidazole rings is 1. The summed E-state index contributed by atoms with van der Waals surface area (Å²) in [5, 5.41) is 7.65. The zero-order chi connectivity index (χ0) is 26.6. The number of nitrogens with zero attached hydrogens (tertiary/aromatic N) is 1. The molecular weight excluding hydrogens is 504 g/mol. The van der Waals surface area contributed by atoms with E-state index in [1.807, 2.05) is 47.8 Å². The van der Waals surface area contributed by atoms with E-state index >= 15 is 0 Å². The first kappa shape index (κ1) is 24.8. The Balaban J connectivity index is 1.32. The van der Waals surface area contributed by atoms with Crippen molar-refractivity contribution in [2.45, 2.75) is 0 Å². The van der Waals surface area contributed by atoms with E-state index in [9.17, 15) is 9.59 Å². The Labute approximate surface area is 222 Å². The number of hydrogen-bond donors (Lipinski definition) is 3. The van der Waals surface area contributed by atoms with Gasteiger partial charge in [0, 0.05) is 22.5 Å². The van der Waals surface area contributed by atoms with Crippen molar-refractivity contribution in [2.75, 3.05) is 32.0 Å². The molecule has 0 saturated heterocycles. The average Bonchev–Trinajstić information content (AvgIpc) is 3.63. The van der Waals surface area contributed by atoms with Gasteiger partial charge in [0.05, 0.1) is 37.2 Å². The van der Waals surface area contributed by atoms with Crippen LogP contribution in [-0.2, 0) is 0 Å². The predicted molar refractivity (Wildman–Crippen MR) is 148 cm³/mol. The highest BCUT2D eigenvalue weighted by molar-refractivity contribution is 7.12. The van der Waals surface area contributed by atoms with Gasteiger partial charge in [-0.25, -0.2) is 4.98 Å². The minimum atomic E-state index is -0.330. The lowest BCUT2D eigenvalue weighted by Gasteiger charge is -2.14. The van der Waals surface area contributed by atoms with Crippen molar-refractivity contribution in [1.29, 1.82) is 0 Å². The molecule has 0 unspecified atom stereocenters. The van der Waals surface area contributed by atoms with E-state index in [0.29, 0.717) is 44.9 Å². The van der Waals surface area contributed by atoms with Crippen LogP contribution in [0, 0.1) is 0 Å². The maximum absolute atomic E-state index is 13.0. The quantitative estimate of drug-likeness (QED) is 0.234. The average molecular weight is 529 g/mol. The van der Waals surface area contributed by atoms with E-state index in [1.54, 1.807) is 24.3 Å². The topological polar surface area (TPSA) is 115 Å². The number of aromatic nitrogens is 2. The first-order valence-electron chi connectivity index (χ1n) is 11.6. The van der Waals surface area contributed by atoms with Gasteiger partial charge in [0.1, 0.15) is 5.82 Å². The number of rotatable bonds is 8. The van der Waals surface area contributed by atoms with Crippen LogP contribution in [0.25, 0.3) is 22.4 Å². The number of fused-ring (bicyclic) bond motifs is 1. The van der Waals surface area contributed by atoms with Crippen molar-refractivity contribution >= 4 is 45.6 Å². The van der Waals surface area contributed by atoms with Gasteiger partial charge in [-0.15, -0.1) is 11.3 Å². The van der Waals surface area contributed by atoms with Gasteiger partial charge in [-0.2, -0.15) is 0 Å². The van der Waals surface area contributed by atoms with Gasteiger partial charge in [0.2, 0.25) is 5.75 Å². The highest BCUT2D eigenvalue weighted by Gasteiger charge is 2.17. The third-order valence-electron chi connectivity index (χ3n) is 5.83. The van der Waals surface area contributed by atoms with Crippen molar-refractivity contribution in [2.24, 2.45) is 0 Å². The van der Waals surface area contributed by atoms with Crippen molar-refractivity contribution in [3.05, 3.63) is 82.6 Å². The monoisotopic (exact) mass is 528 g/mol. The van der Waals surface area contributed by atoms with Crippen LogP contribution < -0.4 is 24.8 Å². The van der Waals surface area contributed by atoms with E-state index in [4.69, 9.17) is 14.2 Å². The summed E-state index contributed by atoms with van der Waals surface area (Å²) in [6.45, 7) is 0. The summed E-state index contributed by atoms with van der Waals surface area (Å²) in [6, 6.07) is 19.7. The predicted octanol–water partition coefficient (Wildman–Crippen LogP) is 5.82. The number of anilines is 2. The van der Waals surface area contributed by atoms with Crippen molar-refractivity contribution in [1.82, 2.24) is 9.97 Å². The molecule has 0 aliphatic rings. The largest absolute Gasteiger partial charge is 0.493 e. The Bertz CT molecular complexity index is 1590. The molecule has 2 aromatic heterocycles. The zero-order valence-corrected chi connectivity index (χ0v) is 21.6. The molecule has 0 radical (unpaired) electrons. The Morgan fingerprint density at radius 1 is 0.816 bits per heavy atom. The van der Waals surface area contributed by atoms with E-state index < -0.39 is 0 Å². The van der Waals surface area contributed by atoms with Crippen LogP contribution in [0.15, 0.2) is 72.1 Å². The van der Waals surface area contributed by atoms with E-state index in [-0.39, 0.29) is 11.8 Å². The minimum Gasteiger partial charge on any atom is -0.493 e. The molecular formula is C28H24N4O5S. The second-order valence-electron chi connectivity index (χ2n) is 8.19. The molecule has 192 valence electrons. The molecule has 3 N–H and O–H groups in total. The lowest BCUT2D eigenvalue weighted by atomic mass is 10.1. The van der Waals surface area contributed by atoms with Gasteiger partial charge in [-0.05, 0) is 66.0 Å². The van der Waals surface area contributed by atoms with Crippen LogP contribution in [0.2, 0.25) is 0 Å². The van der Waals surface area contributed by atoms with Crippen molar-refractivity contribution in [3.63, 3.8) is 0 Å². The van der Waals surface area contributed by atoms with Gasteiger partial charge in [-0.3, -0.25) is 9.59 Å². The fourth-order valence-corrected chi connectivity index (χ4v) is 4.57. The molecule has 0 bridgehead atoms. The zero-order valence-electron chi connectivity index (χ0n) is 20.8. The van der Waals surface area contributed by atoms with E-state index in [1.165, 1.54) is 32.7 Å². The fraction of sp³-hybridized carbons (Fsp3) is 0.107. The smallest absolute Gasteiger partial charge is 0.265 e. The number of ether oxygens (including phenoxy) is 3. The second-order valence-corrected chi connectivity index (χ2v) is 9.14. The highest BCUT2D eigenvalue weighted by Crippen LogP contribution is 2.38. The van der Waals surface area contributed by atoms with Crippen molar-refractivity contribution < 1.29 is 23.8 Å². The van der Waals surface area contributed by atoms with Crippen LogP contribution in [0.4, 0.5) is 11.4 Å². The van der Waals surface area contributed by atoms with Crippen LogP contribution in [0.3, 0.4) is 0 Å². The van der Waals surface area contributed by atoms with Crippen LogP contribution in [-0.4, -0.2) is 43.1 Å². The number of thiophene rings is 1. The minimum absolute atomic E-state index is 0.141. The highest BCUT2D eigenvalue weighted by atomic mass is 32.1. The van der Waals surface area contributed by atoms with E-state index in [0.717, 1.165) is 16.6 Å². The number of nitrogens with one attached hydrogen (secondary N) is 3. The molecule has 3 aromatic carbocycles. The van der Waals surface area contributed by atoms with Crippen LogP contribution in [0.5, 0.6) is 17.2 Å². The molecule has 0 atom stereocenters. The first-order valence-corrected chi connectivity index (χ1v) is 12.4. The van der Waals surface area contributed by atoms with E-state index in [2.05, 4.69) is 20.6 Å². The Morgan fingerprint density at radius 2 is 1.50 bits per heavy atom. The molecule has 5 aromatic rings. The molecule has 38 heavy (non-hydrogen) atoms. The normalized spacial score (nSPS) is 10.7. The fourth-order valence-electron chi connectivity index (χ4n) is 3.95. The standard InChI is InChI=1S/C28H24N4O5S/c1-35-22-13-17(14-23(36-2)25(22)37-3)27(33)30-19-10-11-20-21(15-19)32-26(31-20)16-6-8-18(9-7-16)29-28(34)24-5-4-12-38-24/h4-15H,1-3H3,(H,29,34)(H,30,33)(H,31,32). The molecule has 0 aliphatic heterocycles. The maximum Gasteiger partial charge on any atom is 0.265 e. The molecule has 2 heterocycles. The molecule has 2 amide bonds. The molecule has 5 rings (SSSR count). The molecule has 0 aliphatic carbocycles. The van der Waals surface area contributed by atoms with Crippen LogP contribution >= 0.6 is 11.3 Å². The van der Waals surface area contributed by atoms with Gasteiger partial charge in [0.25, 0.3) is 11.8 Å². The summed E-state index contributed by atoms with van der Waals surface area (Å²) >= 11 is 1.39. The Hall–Kier alpha value is -4.83. The summed E-state index contributed by atoms with van der Waals surface area (Å²) in [5.41, 5.74) is 4.02. The van der Waals surface area contributed by atoms with Crippen LogP contribution in [0.1, 0.15) is 20.0 Å². The number of hydrogen-bond acceptors (Lipinski definition) is 7. The summed E-state index contributed by atoms with van der Waals surface area (Å²) < 4.78 is 16.0. The van der Waals surface area contributed by atoms with Crippen molar-refractivity contribution in [3.8, 4) is 28.6 Å². The number of H-pyrrole nitrogens is 1. The summed E-state index contributed by atoms with van der Waals surface area (Å²) in [5.74, 6) is 1.40. The maximum atomic E-state index is 13.0. The van der Waals surface area contributed by atoms with Gasteiger partial charge in [-0.1, -0.05) is 6.07 Å². The van der Waals surface area contributed by atoms with Gasteiger partial charge in [0.15, 0.2) is 11.5 Å². The number of benzene rings is 3. The van der Waals surface area contributed by atoms with Gasteiger partial charge >= 0.3 is 0 Å². The summed E-state index contributed by atoms with van der Waals surface area (Å²) in [4.78, 5) is 33.9. The number of carbonyl (C=O) groups excluding carboxylic acids is 2. The number of carbonyl (C=O) groups is 2.